The molecule has 128 valence electrons. The van der Waals surface area contributed by atoms with E-state index in [0.29, 0.717) is 11.5 Å². The van der Waals surface area contributed by atoms with Crippen LogP contribution in [0, 0.1) is 0 Å². The van der Waals surface area contributed by atoms with Crippen molar-refractivity contribution in [3.8, 4) is 23.0 Å². The van der Waals surface area contributed by atoms with Crippen LogP contribution >= 0.6 is 0 Å². The molecule has 3 rings (SSSR count). The summed E-state index contributed by atoms with van der Waals surface area (Å²) in [6, 6.07) is 3.77. The molecular weight excluding hydrogens is 308 g/mol. The second-order valence-corrected chi connectivity index (χ2v) is 5.66. The number of methoxy groups -OCH3 is 4. The van der Waals surface area contributed by atoms with Gasteiger partial charge in [0.15, 0.2) is 0 Å². The third kappa shape index (κ3) is 2.31. The minimum Gasteiger partial charge on any atom is -0.497 e. The van der Waals surface area contributed by atoms with Crippen molar-refractivity contribution in [3.63, 3.8) is 0 Å². The summed E-state index contributed by atoms with van der Waals surface area (Å²) >= 11 is 0. The van der Waals surface area contributed by atoms with Crippen LogP contribution in [0.2, 0.25) is 0 Å². The van der Waals surface area contributed by atoms with Gasteiger partial charge in [-0.2, -0.15) is 0 Å². The van der Waals surface area contributed by atoms with Crippen LogP contribution in [-0.2, 0) is 4.74 Å². The molecule has 0 radical (unpaired) electrons. The summed E-state index contributed by atoms with van der Waals surface area (Å²) in [5.74, 6) is 3.69. The molecule has 0 saturated heterocycles. The fraction of sp³-hybridized carbons (Fsp3) is 0.368. The highest BCUT2D eigenvalue weighted by molar-refractivity contribution is 6.03. The lowest BCUT2D eigenvalue weighted by Gasteiger charge is -2.28. The Kier molecular flexibility index (Phi) is 4.18. The number of fused-ring (bicyclic) bond motifs is 2. The Hall–Kier alpha value is -2.56. The normalized spacial score (nSPS) is 16.1. The fourth-order valence-corrected chi connectivity index (χ4v) is 3.36. The van der Waals surface area contributed by atoms with Gasteiger partial charge in [0.25, 0.3) is 0 Å². The van der Waals surface area contributed by atoms with Gasteiger partial charge in [0, 0.05) is 22.6 Å². The van der Waals surface area contributed by atoms with Gasteiger partial charge in [-0.1, -0.05) is 0 Å². The first-order chi connectivity index (χ1) is 11.5. The van der Waals surface area contributed by atoms with E-state index < -0.39 is 0 Å². The summed E-state index contributed by atoms with van der Waals surface area (Å²) in [7, 11) is 6.58. The van der Waals surface area contributed by atoms with Gasteiger partial charge in [-0.05, 0) is 26.0 Å². The van der Waals surface area contributed by atoms with Crippen LogP contribution in [0.4, 0.5) is 0 Å². The standard InChI is InChI=1S/C19H22O5/c1-10-7-13-16(11(2)24-10)19(23-6)17-14(18(13)22-5)8-12(20-3)9-15(17)21-4/h7-9,11H,1-6H3/t11-/m1/s1. The molecule has 5 nitrogen and oxygen atoms in total. The van der Waals surface area contributed by atoms with Crippen molar-refractivity contribution in [2.24, 2.45) is 0 Å². The van der Waals surface area contributed by atoms with E-state index in [0.717, 1.165) is 39.2 Å². The Bertz CT molecular complexity index is 823. The van der Waals surface area contributed by atoms with Gasteiger partial charge in [-0.25, -0.2) is 0 Å². The Morgan fingerprint density at radius 2 is 1.62 bits per heavy atom. The molecule has 0 aromatic heterocycles. The van der Waals surface area contributed by atoms with Gasteiger partial charge >= 0.3 is 0 Å². The molecule has 1 heterocycles. The van der Waals surface area contributed by atoms with Crippen LogP contribution in [0.1, 0.15) is 31.1 Å². The summed E-state index contributed by atoms with van der Waals surface area (Å²) in [4.78, 5) is 0. The van der Waals surface area contributed by atoms with Crippen molar-refractivity contribution in [2.75, 3.05) is 28.4 Å². The van der Waals surface area contributed by atoms with Crippen molar-refractivity contribution in [1.82, 2.24) is 0 Å². The molecule has 0 aliphatic carbocycles. The maximum atomic E-state index is 5.88. The maximum Gasteiger partial charge on any atom is 0.138 e. The van der Waals surface area contributed by atoms with E-state index in [1.807, 2.05) is 32.1 Å². The second-order valence-electron chi connectivity index (χ2n) is 5.66. The first-order valence-electron chi connectivity index (χ1n) is 7.74. The average molecular weight is 330 g/mol. The van der Waals surface area contributed by atoms with Crippen LogP contribution in [-0.4, -0.2) is 28.4 Å². The number of allylic oxidation sites excluding steroid dienone is 1. The van der Waals surface area contributed by atoms with Crippen LogP contribution in [0.3, 0.4) is 0 Å². The lowest BCUT2D eigenvalue weighted by atomic mass is 9.92. The third-order valence-electron chi connectivity index (χ3n) is 4.31. The molecule has 0 bridgehead atoms. The molecule has 1 aliphatic heterocycles. The zero-order valence-electron chi connectivity index (χ0n) is 14.9. The van der Waals surface area contributed by atoms with E-state index in [1.165, 1.54) is 0 Å². The Balaban J connectivity index is 2.54. The SMILES string of the molecule is COc1cc(OC)c2c(OC)c3c(c(OC)c2c1)C=C(C)O[C@@H]3C. The van der Waals surface area contributed by atoms with E-state index in [2.05, 4.69) is 0 Å². The highest BCUT2D eigenvalue weighted by Crippen LogP contribution is 2.51. The first kappa shape index (κ1) is 16.3. The van der Waals surface area contributed by atoms with Crippen LogP contribution in [0.25, 0.3) is 16.8 Å². The summed E-state index contributed by atoms with van der Waals surface area (Å²) in [6.45, 7) is 3.93. The van der Waals surface area contributed by atoms with Crippen molar-refractivity contribution >= 4 is 16.8 Å². The van der Waals surface area contributed by atoms with E-state index >= 15 is 0 Å². The number of hydrogen-bond acceptors (Lipinski definition) is 5. The predicted octanol–water partition coefficient (Wildman–Crippen LogP) is 4.33. The van der Waals surface area contributed by atoms with Gasteiger partial charge in [-0.15, -0.1) is 0 Å². The number of ether oxygens (including phenoxy) is 5. The predicted molar refractivity (Wildman–Crippen MR) is 93.3 cm³/mol. The molecule has 5 heteroatoms. The first-order valence-corrected chi connectivity index (χ1v) is 7.74. The van der Waals surface area contributed by atoms with Gasteiger partial charge in [0.2, 0.25) is 0 Å². The number of rotatable bonds is 4. The van der Waals surface area contributed by atoms with Crippen molar-refractivity contribution in [3.05, 3.63) is 29.0 Å². The van der Waals surface area contributed by atoms with Gasteiger partial charge < -0.3 is 23.7 Å². The monoisotopic (exact) mass is 330 g/mol. The molecule has 0 spiro atoms. The number of hydrogen-bond donors (Lipinski definition) is 0. The van der Waals surface area contributed by atoms with Crippen molar-refractivity contribution < 1.29 is 23.7 Å². The van der Waals surface area contributed by atoms with Crippen LogP contribution in [0.15, 0.2) is 17.9 Å². The van der Waals surface area contributed by atoms with Crippen molar-refractivity contribution in [1.29, 1.82) is 0 Å². The molecule has 0 fully saturated rings. The maximum absolute atomic E-state index is 5.88. The quantitative estimate of drug-likeness (QED) is 0.835. The molecule has 24 heavy (non-hydrogen) atoms. The molecule has 0 amide bonds. The minimum atomic E-state index is -0.148. The molecule has 2 aromatic carbocycles. The number of benzene rings is 2. The van der Waals surface area contributed by atoms with Crippen molar-refractivity contribution in [2.45, 2.75) is 20.0 Å². The zero-order valence-corrected chi connectivity index (χ0v) is 14.9. The van der Waals surface area contributed by atoms with Crippen LogP contribution < -0.4 is 18.9 Å². The largest absolute Gasteiger partial charge is 0.497 e. The summed E-state index contributed by atoms with van der Waals surface area (Å²) in [5.41, 5.74) is 1.92. The highest BCUT2D eigenvalue weighted by Gasteiger charge is 2.29. The summed E-state index contributed by atoms with van der Waals surface area (Å²) in [6.07, 6.45) is 1.83. The second kappa shape index (κ2) is 6.15. The third-order valence-corrected chi connectivity index (χ3v) is 4.31. The molecule has 2 aromatic rings. The molecule has 1 aliphatic rings. The average Bonchev–Trinajstić information content (AvgIpc) is 2.58. The van der Waals surface area contributed by atoms with Gasteiger partial charge in [0.05, 0.1) is 39.6 Å². The Morgan fingerprint density at radius 3 is 2.21 bits per heavy atom. The highest BCUT2D eigenvalue weighted by atomic mass is 16.5. The Labute approximate surface area is 141 Å². The van der Waals surface area contributed by atoms with E-state index in [4.69, 9.17) is 23.7 Å². The van der Waals surface area contributed by atoms with Gasteiger partial charge in [0.1, 0.15) is 29.1 Å². The van der Waals surface area contributed by atoms with E-state index in [-0.39, 0.29) is 6.10 Å². The van der Waals surface area contributed by atoms with Gasteiger partial charge in [-0.3, -0.25) is 0 Å². The summed E-state index contributed by atoms with van der Waals surface area (Å²) in [5, 5.41) is 1.72. The van der Waals surface area contributed by atoms with Crippen LogP contribution in [0.5, 0.6) is 23.0 Å². The lowest BCUT2D eigenvalue weighted by molar-refractivity contribution is 0.129. The van der Waals surface area contributed by atoms with E-state index in [1.54, 1.807) is 28.4 Å². The summed E-state index contributed by atoms with van der Waals surface area (Å²) < 4.78 is 28.4. The molecular formula is C19H22O5. The fourth-order valence-electron chi connectivity index (χ4n) is 3.36. The molecule has 0 unspecified atom stereocenters. The van der Waals surface area contributed by atoms with E-state index in [9.17, 15) is 0 Å². The molecule has 0 N–H and O–H groups in total. The lowest BCUT2D eigenvalue weighted by Crippen LogP contribution is -2.10. The molecule has 0 saturated carbocycles. The zero-order chi connectivity index (χ0) is 17.4. The molecule has 1 atom stereocenters. The topological polar surface area (TPSA) is 46.2 Å². The Morgan fingerprint density at radius 1 is 0.917 bits per heavy atom. The smallest absolute Gasteiger partial charge is 0.138 e. The minimum absolute atomic E-state index is 0.148.